The molecule has 2 aromatic rings. The van der Waals surface area contributed by atoms with E-state index in [1.165, 1.54) is 11.3 Å². The number of benzene rings is 1. The van der Waals surface area contributed by atoms with Crippen molar-refractivity contribution in [3.8, 4) is 0 Å². The minimum atomic E-state index is -0.269. The maximum atomic E-state index is 13.3. The number of carbonyl (C=O) groups excluding carboxylic acids is 3. The van der Waals surface area contributed by atoms with E-state index >= 15 is 0 Å². The molecule has 1 atom stereocenters. The molecule has 33 heavy (non-hydrogen) atoms. The van der Waals surface area contributed by atoms with Crippen molar-refractivity contribution in [2.45, 2.75) is 44.4 Å². The van der Waals surface area contributed by atoms with Gasteiger partial charge in [0.15, 0.2) is 0 Å². The molecule has 1 aromatic carbocycles. The second kappa shape index (κ2) is 8.72. The van der Waals surface area contributed by atoms with Gasteiger partial charge in [-0.2, -0.15) is 0 Å². The van der Waals surface area contributed by atoms with Gasteiger partial charge in [-0.05, 0) is 36.5 Å². The predicted molar refractivity (Wildman–Crippen MR) is 128 cm³/mol. The van der Waals surface area contributed by atoms with Gasteiger partial charge in [0.25, 0.3) is 0 Å². The van der Waals surface area contributed by atoms with E-state index in [4.69, 9.17) is 11.6 Å². The molecule has 3 aliphatic rings. The molecule has 1 spiro atoms. The van der Waals surface area contributed by atoms with Crippen molar-refractivity contribution in [1.82, 2.24) is 14.8 Å². The molecule has 0 saturated carbocycles. The zero-order chi connectivity index (χ0) is 23.2. The Labute approximate surface area is 202 Å². The number of aryl methyl sites for hydroxylation is 1. The molecule has 5 rings (SSSR count). The van der Waals surface area contributed by atoms with E-state index in [1.807, 2.05) is 26.8 Å². The van der Waals surface area contributed by atoms with Crippen LogP contribution in [0.15, 0.2) is 24.4 Å². The van der Waals surface area contributed by atoms with Crippen LogP contribution in [0, 0.1) is 0 Å². The molecule has 3 aliphatic heterocycles. The van der Waals surface area contributed by atoms with Crippen molar-refractivity contribution in [2.24, 2.45) is 0 Å². The first kappa shape index (κ1) is 22.3. The summed E-state index contributed by atoms with van der Waals surface area (Å²) in [5, 5.41) is 0.699. The highest BCUT2D eigenvalue weighted by atomic mass is 35.5. The van der Waals surface area contributed by atoms with Crippen LogP contribution < -0.4 is 4.90 Å². The average Bonchev–Trinajstić information content (AvgIpc) is 3.44. The van der Waals surface area contributed by atoms with Crippen LogP contribution in [0.2, 0.25) is 4.34 Å². The smallest absolute Gasteiger partial charge is 0.233 e. The maximum Gasteiger partial charge on any atom is 0.233 e. The highest BCUT2D eigenvalue weighted by Gasteiger charge is 2.49. The lowest BCUT2D eigenvalue weighted by Gasteiger charge is -2.31. The van der Waals surface area contributed by atoms with E-state index in [0.29, 0.717) is 41.8 Å². The molecule has 0 N–H and O–H groups in total. The molecular formula is C24H27ClN4O3S. The van der Waals surface area contributed by atoms with Crippen LogP contribution in [0.4, 0.5) is 5.69 Å². The van der Waals surface area contributed by atoms with Gasteiger partial charge in [0.1, 0.15) is 9.34 Å². The van der Waals surface area contributed by atoms with E-state index in [0.717, 1.165) is 42.7 Å². The zero-order valence-electron chi connectivity index (χ0n) is 18.7. The van der Waals surface area contributed by atoms with Gasteiger partial charge in [0, 0.05) is 57.2 Å². The minimum absolute atomic E-state index is 0.0128. The van der Waals surface area contributed by atoms with Crippen LogP contribution in [0.5, 0.6) is 0 Å². The number of nitrogens with zero attached hydrogens (tertiary/aromatic N) is 4. The van der Waals surface area contributed by atoms with Crippen LogP contribution in [-0.2, 0) is 32.6 Å². The second-order valence-corrected chi connectivity index (χ2v) is 11.0. The molecule has 174 valence electrons. The molecule has 1 unspecified atom stereocenters. The first-order valence-electron chi connectivity index (χ1n) is 11.4. The summed E-state index contributed by atoms with van der Waals surface area (Å²) < 4.78 is 0.571. The number of amides is 3. The zero-order valence-corrected chi connectivity index (χ0v) is 20.3. The number of fused-ring (bicyclic) bond motifs is 2. The Hall–Kier alpha value is -2.45. The molecule has 0 bridgehead atoms. The Balaban J connectivity index is 1.40. The summed E-state index contributed by atoms with van der Waals surface area (Å²) in [4.78, 5) is 47.6. The topological polar surface area (TPSA) is 73.8 Å². The fourth-order valence-corrected chi connectivity index (χ4v) is 6.10. The predicted octanol–water partition coefficient (Wildman–Crippen LogP) is 3.04. The summed E-state index contributed by atoms with van der Waals surface area (Å²) in [5.74, 6) is 0.257. The number of likely N-dealkylation sites (tertiary alicyclic amines) is 2. The van der Waals surface area contributed by atoms with E-state index in [1.54, 1.807) is 13.1 Å². The summed E-state index contributed by atoms with van der Waals surface area (Å²) in [7, 11) is 0. The van der Waals surface area contributed by atoms with Crippen molar-refractivity contribution in [2.75, 3.05) is 37.6 Å². The molecule has 9 heteroatoms. The number of carbonyl (C=O) groups is 3. The van der Waals surface area contributed by atoms with Crippen molar-refractivity contribution in [1.29, 1.82) is 0 Å². The van der Waals surface area contributed by atoms with Crippen molar-refractivity contribution >= 4 is 46.3 Å². The van der Waals surface area contributed by atoms with Crippen molar-refractivity contribution in [3.05, 3.63) is 44.9 Å². The van der Waals surface area contributed by atoms with Crippen molar-refractivity contribution in [3.63, 3.8) is 0 Å². The third kappa shape index (κ3) is 4.26. The van der Waals surface area contributed by atoms with Gasteiger partial charge in [0.2, 0.25) is 17.7 Å². The lowest BCUT2D eigenvalue weighted by Crippen LogP contribution is -2.42. The standard InChI is InChI=1S/C24H27ClN4O3S/c1-16(30)28-10-7-24(14-28)15-29(23(32)12-21-26-13-20(25)33-21)19-5-3-17(11-18(19)24)4-6-22(31)27-8-2-9-27/h3,5,11,13H,2,4,6-10,12,14-15H2,1H3. The normalized spacial score (nSPS) is 21.5. The Bertz CT molecular complexity index is 1110. The number of hydrogen-bond acceptors (Lipinski definition) is 5. The number of rotatable bonds is 5. The Kier molecular flexibility index (Phi) is 5.91. The Morgan fingerprint density at radius 1 is 1.12 bits per heavy atom. The van der Waals surface area contributed by atoms with E-state index in [2.05, 4.69) is 11.1 Å². The SMILES string of the molecule is CC(=O)N1CCC2(C1)CN(C(=O)Cc1ncc(Cl)s1)c1ccc(CCC(=O)N3CCC3)cc12. The molecule has 2 saturated heterocycles. The van der Waals surface area contributed by atoms with Crippen molar-refractivity contribution < 1.29 is 14.4 Å². The largest absolute Gasteiger partial charge is 0.343 e. The van der Waals surface area contributed by atoms with E-state index < -0.39 is 0 Å². The lowest BCUT2D eigenvalue weighted by molar-refractivity contribution is -0.134. The fraction of sp³-hybridized carbons (Fsp3) is 0.500. The quantitative estimate of drug-likeness (QED) is 0.651. The monoisotopic (exact) mass is 486 g/mol. The summed E-state index contributed by atoms with van der Waals surface area (Å²) in [5.41, 5.74) is 2.86. The summed E-state index contributed by atoms with van der Waals surface area (Å²) in [6.07, 6.45) is 4.87. The first-order valence-corrected chi connectivity index (χ1v) is 12.6. The van der Waals surface area contributed by atoms with E-state index in [9.17, 15) is 14.4 Å². The van der Waals surface area contributed by atoms with Gasteiger partial charge < -0.3 is 14.7 Å². The van der Waals surface area contributed by atoms with Gasteiger partial charge in [-0.25, -0.2) is 4.98 Å². The number of hydrogen-bond donors (Lipinski definition) is 0. The number of anilines is 1. The first-order chi connectivity index (χ1) is 15.8. The van der Waals surface area contributed by atoms with Crippen LogP contribution in [0.3, 0.4) is 0 Å². The van der Waals surface area contributed by atoms with Crippen LogP contribution in [0.1, 0.15) is 42.3 Å². The minimum Gasteiger partial charge on any atom is -0.343 e. The average molecular weight is 487 g/mol. The summed E-state index contributed by atoms with van der Waals surface area (Å²) >= 11 is 7.32. The molecule has 1 aromatic heterocycles. The number of halogens is 1. The number of aromatic nitrogens is 1. The molecular weight excluding hydrogens is 460 g/mol. The van der Waals surface area contributed by atoms with Gasteiger partial charge in [-0.1, -0.05) is 23.7 Å². The maximum absolute atomic E-state index is 13.3. The Morgan fingerprint density at radius 3 is 2.58 bits per heavy atom. The molecule has 0 radical (unpaired) electrons. The summed E-state index contributed by atoms with van der Waals surface area (Å²) in [6.45, 7) is 5.19. The van der Waals surface area contributed by atoms with Crippen LogP contribution in [-0.4, -0.2) is 65.2 Å². The third-order valence-electron chi connectivity index (χ3n) is 7.15. The highest BCUT2D eigenvalue weighted by molar-refractivity contribution is 7.15. The van der Waals surface area contributed by atoms with Crippen LogP contribution in [0.25, 0.3) is 0 Å². The third-order valence-corrected chi connectivity index (χ3v) is 8.26. The van der Waals surface area contributed by atoms with E-state index in [-0.39, 0.29) is 29.6 Å². The number of thiazole rings is 1. The highest BCUT2D eigenvalue weighted by Crippen LogP contribution is 2.47. The molecule has 7 nitrogen and oxygen atoms in total. The van der Waals surface area contributed by atoms with Gasteiger partial charge in [-0.3, -0.25) is 14.4 Å². The van der Waals surface area contributed by atoms with Gasteiger partial charge in [-0.15, -0.1) is 11.3 Å². The second-order valence-electron chi connectivity index (χ2n) is 9.27. The Morgan fingerprint density at radius 2 is 1.94 bits per heavy atom. The van der Waals surface area contributed by atoms with Gasteiger partial charge >= 0.3 is 0 Å². The summed E-state index contributed by atoms with van der Waals surface area (Å²) in [6, 6.07) is 6.20. The molecule has 4 heterocycles. The molecule has 2 fully saturated rings. The lowest BCUT2D eigenvalue weighted by atomic mass is 9.80. The van der Waals surface area contributed by atoms with Crippen LogP contribution >= 0.6 is 22.9 Å². The molecule has 3 amide bonds. The van der Waals surface area contributed by atoms with Gasteiger partial charge in [0.05, 0.1) is 12.6 Å². The molecule has 0 aliphatic carbocycles. The fourth-order valence-electron chi connectivity index (χ4n) is 5.15.